The van der Waals surface area contributed by atoms with E-state index in [-0.39, 0.29) is 5.92 Å². The molecule has 1 atom stereocenters. The summed E-state index contributed by atoms with van der Waals surface area (Å²) in [5.41, 5.74) is 8.19. The lowest BCUT2D eigenvalue weighted by atomic mass is 9.88. The number of hydrogen-bond acceptors (Lipinski definition) is 2. The van der Waals surface area contributed by atoms with Crippen molar-refractivity contribution >= 4 is 11.6 Å². The molecule has 0 saturated carbocycles. The van der Waals surface area contributed by atoms with Gasteiger partial charge in [-0.2, -0.15) is 0 Å². The second kappa shape index (κ2) is 6.60. The summed E-state index contributed by atoms with van der Waals surface area (Å²) in [4.78, 5) is 0. The quantitative estimate of drug-likeness (QED) is 0.900. The lowest BCUT2D eigenvalue weighted by molar-refractivity contribution is 0.414. The monoisotopic (exact) mass is 275 g/mol. The van der Waals surface area contributed by atoms with Crippen molar-refractivity contribution in [1.82, 2.24) is 0 Å². The summed E-state index contributed by atoms with van der Waals surface area (Å²) in [5, 5.41) is 0.751. The second-order valence-electron chi connectivity index (χ2n) is 4.46. The van der Waals surface area contributed by atoms with Gasteiger partial charge in [0.25, 0.3) is 0 Å². The fourth-order valence-electron chi connectivity index (χ4n) is 2.25. The number of benzene rings is 2. The van der Waals surface area contributed by atoms with Crippen LogP contribution in [-0.4, -0.2) is 13.7 Å². The Morgan fingerprint density at radius 1 is 1.11 bits per heavy atom. The van der Waals surface area contributed by atoms with Crippen LogP contribution in [0.15, 0.2) is 48.5 Å². The SMILES string of the molecule is COc1cccc(C(CCN)c2ccc(Cl)cc2)c1. The fourth-order valence-corrected chi connectivity index (χ4v) is 2.37. The molecule has 19 heavy (non-hydrogen) atoms. The molecule has 0 aromatic heterocycles. The van der Waals surface area contributed by atoms with Gasteiger partial charge >= 0.3 is 0 Å². The van der Waals surface area contributed by atoms with Gasteiger partial charge in [0.15, 0.2) is 0 Å². The first-order valence-electron chi connectivity index (χ1n) is 6.34. The van der Waals surface area contributed by atoms with Gasteiger partial charge in [0.1, 0.15) is 5.75 Å². The minimum atomic E-state index is 0.275. The molecule has 100 valence electrons. The maximum absolute atomic E-state index is 5.94. The van der Waals surface area contributed by atoms with E-state index < -0.39 is 0 Å². The van der Waals surface area contributed by atoms with Gasteiger partial charge in [0.05, 0.1) is 7.11 Å². The zero-order valence-electron chi connectivity index (χ0n) is 11.0. The van der Waals surface area contributed by atoms with Gasteiger partial charge in [-0.15, -0.1) is 0 Å². The Labute approximate surface area is 119 Å². The van der Waals surface area contributed by atoms with Gasteiger partial charge in [0.2, 0.25) is 0 Å². The Balaban J connectivity index is 2.35. The molecule has 0 fully saturated rings. The number of nitrogens with two attached hydrogens (primary N) is 1. The number of halogens is 1. The third-order valence-corrected chi connectivity index (χ3v) is 3.48. The largest absolute Gasteiger partial charge is 0.497 e. The van der Waals surface area contributed by atoms with E-state index in [4.69, 9.17) is 22.1 Å². The smallest absolute Gasteiger partial charge is 0.119 e. The molecular formula is C16H18ClNO. The maximum atomic E-state index is 5.94. The average Bonchev–Trinajstić information content (AvgIpc) is 2.46. The number of rotatable bonds is 5. The highest BCUT2D eigenvalue weighted by molar-refractivity contribution is 6.30. The van der Waals surface area contributed by atoms with Crippen LogP contribution in [0.5, 0.6) is 5.75 Å². The topological polar surface area (TPSA) is 35.2 Å². The number of hydrogen-bond donors (Lipinski definition) is 1. The second-order valence-corrected chi connectivity index (χ2v) is 4.89. The van der Waals surface area contributed by atoms with E-state index in [0.29, 0.717) is 6.54 Å². The summed E-state index contributed by atoms with van der Waals surface area (Å²) in [7, 11) is 1.68. The summed E-state index contributed by atoms with van der Waals surface area (Å²) < 4.78 is 5.29. The highest BCUT2D eigenvalue weighted by Crippen LogP contribution is 2.30. The molecule has 0 saturated heterocycles. The summed E-state index contributed by atoms with van der Waals surface area (Å²) in [6.45, 7) is 0.643. The molecule has 2 aromatic carbocycles. The zero-order chi connectivity index (χ0) is 13.7. The van der Waals surface area contributed by atoms with Crippen molar-refractivity contribution in [3.63, 3.8) is 0 Å². The van der Waals surface area contributed by atoms with Gasteiger partial charge in [-0.3, -0.25) is 0 Å². The molecule has 0 aliphatic carbocycles. The first-order chi connectivity index (χ1) is 9.24. The minimum absolute atomic E-state index is 0.275. The molecule has 0 spiro atoms. The predicted octanol–water partition coefficient (Wildman–Crippen LogP) is 3.83. The van der Waals surface area contributed by atoms with Gasteiger partial charge in [0, 0.05) is 10.9 Å². The zero-order valence-corrected chi connectivity index (χ0v) is 11.7. The normalized spacial score (nSPS) is 12.2. The van der Waals surface area contributed by atoms with Crippen LogP contribution in [0.25, 0.3) is 0 Å². The van der Waals surface area contributed by atoms with Crippen LogP contribution in [0.1, 0.15) is 23.5 Å². The fraction of sp³-hybridized carbons (Fsp3) is 0.250. The van der Waals surface area contributed by atoms with E-state index >= 15 is 0 Å². The summed E-state index contributed by atoms with van der Waals surface area (Å²) >= 11 is 5.94. The van der Waals surface area contributed by atoms with Crippen LogP contribution in [0.2, 0.25) is 5.02 Å². The van der Waals surface area contributed by atoms with Crippen molar-refractivity contribution in [3.05, 3.63) is 64.7 Å². The van der Waals surface area contributed by atoms with Gasteiger partial charge in [-0.25, -0.2) is 0 Å². The van der Waals surface area contributed by atoms with Crippen molar-refractivity contribution in [2.45, 2.75) is 12.3 Å². The molecular weight excluding hydrogens is 258 g/mol. The van der Waals surface area contributed by atoms with Crippen molar-refractivity contribution in [2.24, 2.45) is 5.73 Å². The summed E-state index contributed by atoms with van der Waals surface area (Å²) in [5.74, 6) is 1.14. The van der Waals surface area contributed by atoms with Crippen LogP contribution in [-0.2, 0) is 0 Å². The number of ether oxygens (including phenoxy) is 1. The first-order valence-corrected chi connectivity index (χ1v) is 6.72. The molecule has 2 rings (SSSR count). The van der Waals surface area contributed by atoms with E-state index in [1.165, 1.54) is 11.1 Å². The van der Waals surface area contributed by atoms with Gasteiger partial charge < -0.3 is 10.5 Å². The van der Waals surface area contributed by atoms with Crippen LogP contribution < -0.4 is 10.5 Å². The van der Waals surface area contributed by atoms with Crippen LogP contribution in [0, 0.1) is 0 Å². The number of methoxy groups -OCH3 is 1. The van der Waals surface area contributed by atoms with Crippen LogP contribution in [0.3, 0.4) is 0 Å². The average molecular weight is 276 g/mol. The van der Waals surface area contributed by atoms with E-state index in [2.05, 4.69) is 24.3 Å². The Kier molecular flexibility index (Phi) is 4.83. The van der Waals surface area contributed by atoms with Crippen molar-refractivity contribution in [1.29, 1.82) is 0 Å². The van der Waals surface area contributed by atoms with E-state index in [0.717, 1.165) is 17.2 Å². The van der Waals surface area contributed by atoms with E-state index in [1.54, 1.807) is 7.11 Å². The van der Waals surface area contributed by atoms with Crippen molar-refractivity contribution in [3.8, 4) is 5.75 Å². The van der Waals surface area contributed by atoms with Crippen molar-refractivity contribution in [2.75, 3.05) is 13.7 Å². The molecule has 0 radical (unpaired) electrons. The molecule has 0 bridgehead atoms. The van der Waals surface area contributed by atoms with Gasteiger partial charge in [-0.1, -0.05) is 35.9 Å². The first kappa shape index (κ1) is 13.9. The highest BCUT2D eigenvalue weighted by Gasteiger charge is 2.14. The summed E-state index contributed by atoms with van der Waals surface area (Å²) in [6, 6.07) is 16.1. The molecule has 0 amide bonds. The van der Waals surface area contributed by atoms with E-state index in [9.17, 15) is 0 Å². The Morgan fingerprint density at radius 3 is 2.47 bits per heavy atom. The molecule has 0 aliphatic heterocycles. The molecule has 2 nitrogen and oxygen atoms in total. The van der Waals surface area contributed by atoms with E-state index in [1.807, 2.05) is 24.3 Å². The molecule has 3 heteroatoms. The van der Waals surface area contributed by atoms with Gasteiger partial charge in [-0.05, 0) is 48.4 Å². The summed E-state index contributed by atoms with van der Waals surface area (Å²) in [6.07, 6.45) is 0.898. The third-order valence-electron chi connectivity index (χ3n) is 3.22. The lowest BCUT2D eigenvalue weighted by Crippen LogP contribution is -2.09. The molecule has 2 N–H and O–H groups in total. The minimum Gasteiger partial charge on any atom is -0.497 e. The molecule has 0 heterocycles. The Bertz CT molecular complexity index is 525. The molecule has 2 aromatic rings. The molecule has 0 aliphatic rings. The Hall–Kier alpha value is -1.51. The predicted molar refractivity (Wildman–Crippen MR) is 80.0 cm³/mol. The van der Waals surface area contributed by atoms with Crippen LogP contribution in [0.4, 0.5) is 0 Å². The lowest BCUT2D eigenvalue weighted by Gasteiger charge is -2.18. The molecule has 1 unspecified atom stereocenters. The van der Waals surface area contributed by atoms with Crippen molar-refractivity contribution < 1.29 is 4.74 Å². The third kappa shape index (κ3) is 3.49. The Morgan fingerprint density at radius 2 is 1.84 bits per heavy atom. The standard InChI is InChI=1S/C16H18ClNO/c1-19-15-4-2-3-13(11-15)16(9-10-18)12-5-7-14(17)8-6-12/h2-8,11,16H,9-10,18H2,1H3. The van der Waals surface area contributed by atoms with Crippen LogP contribution >= 0.6 is 11.6 Å². The highest BCUT2D eigenvalue weighted by atomic mass is 35.5. The maximum Gasteiger partial charge on any atom is 0.119 e.